The van der Waals surface area contributed by atoms with Crippen molar-refractivity contribution in [3.8, 4) is 11.5 Å². The molecule has 0 spiro atoms. The number of aromatic nitrogens is 1. The summed E-state index contributed by atoms with van der Waals surface area (Å²) in [5.74, 6) is 0.870. The number of ketones is 1. The maximum atomic E-state index is 14.1. The standard InChI is InChI=1S/C32H28ClNO5S/c1-23-15-17-24(18-16-23)22-39-30-14-7-12-28-31(30)27(21-34(28)40(36,37)25-9-3-2-4-10-25)32(35)26-11-5-6-13-29(26)38-20-8-19-33/h2-7,9-18,21H,8,19-20,22H2,1H3. The summed E-state index contributed by atoms with van der Waals surface area (Å²) in [4.78, 5) is 14.2. The Labute approximate surface area is 238 Å². The van der Waals surface area contributed by atoms with Crippen LogP contribution < -0.4 is 9.47 Å². The van der Waals surface area contributed by atoms with E-state index in [4.69, 9.17) is 21.1 Å². The molecule has 0 atom stereocenters. The smallest absolute Gasteiger partial charge is 0.268 e. The number of hydrogen-bond donors (Lipinski definition) is 0. The number of halogens is 1. The largest absolute Gasteiger partial charge is 0.493 e. The minimum atomic E-state index is -4.01. The van der Waals surface area contributed by atoms with Gasteiger partial charge in [0.25, 0.3) is 10.0 Å². The van der Waals surface area contributed by atoms with E-state index in [2.05, 4.69) is 0 Å². The predicted molar refractivity (Wildman–Crippen MR) is 157 cm³/mol. The third-order valence-corrected chi connectivity index (χ3v) is 8.44. The number of alkyl halides is 1. The Balaban J connectivity index is 1.65. The maximum Gasteiger partial charge on any atom is 0.268 e. The van der Waals surface area contributed by atoms with Crippen molar-refractivity contribution in [2.75, 3.05) is 12.5 Å². The normalized spacial score (nSPS) is 11.4. The van der Waals surface area contributed by atoms with Crippen LogP contribution >= 0.6 is 11.6 Å². The second-order valence-electron chi connectivity index (χ2n) is 9.30. The van der Waals surface area contributed by atoms with Crippen LogP contribution in [0.5, 0.6) is 11.5 Å². The number of aryl methyl sites for hydroxylation is 1. The summed E-state index contributed by atoms with van der Waals surface area (Å²) in [5, 5.41) is 0.412. The highest BCUT2D eigenvalue weighted by Crippen LogP contribution is 2.36. The lowest BCUT2D eigenvalue weighted by Gasteiger charge is -2.12. The van der Waals surface area contributed by atoms with Crippen LogP contribution in [-0.4, -0.2) is 30.7 Å². The first-order valence-corrected chi connectivity index (χ1v) is 14.8. The third-order valence-electron chi connectivity index (χ3n) is 6.48. The van der Waals surface area contributed by atoms with Gasteiger partial charge in [0.2, 0.25) is 0 Å². The van der Waals surface area contributed by atoms with Gasteiger partial charge in [0.15, 0.2) is 5.78 Å². The molecule has 0 radical (unpaired) electrons. The molecule has 8 heteroatoms. The molecule has 0 saturated heterocycles. The first-order valence-electron chi connectivity index (χ1n) is 12.9. The molecule has 0 saturated carbocycles. The molecule has 5 rings (SSSR count). The Kier molecular flexibility index (Phi) is 8.24. The molecule has 0 N–H and O–H groups in total. The fourth-order valence-electron chi connectivity index (χ4n) is 4.43. The summed E-state index contributed by atoms with van der Waals surface area (Å²) < 4.78 is 40.7. The first-order chi connectivity index (χ1) is 19.4. The molecule has 0 aliphatic rings. The van der Waals surface area contributed by atoms with Crippen molar-refractivity contribution >= 4 is 38.3 Å². The fourth-order valence-corrected chi connectivity index (χ4v) is 5.92. The van der Waals surface area contributed by atoms with Gasteiger partial charge in [-0.2, -0.15) is 0 Å². The van der Waals surface area contributed by atoms with Crippen LogP contribution in [0.2, 0.25) is 0 Å². The predicted octanol–water partition coefficient (Wildman–Crippen LogP) is 7.00. The number of fused-ring (bicyclic) bond motifs is 1. The van der Waals surface area contributed by atoms with Gasteiger partial charge >= 0.3 is 0 Å². The van der Waals surface area contributed by atoms with Crippen LogP contribution in [-0.2, 0) is 16.6 Å². The summed E-state index contributed by atoms with van der Waals surface area (Å²) in [6, 6.07) is 28.1. The van der Waals surface area contributed by atoms with E-state index in [0.29, 0.717) is 46.9 Å². The zero-order chi connectivity index (χ0) is 28.1. The Hall–Kier alpha value is -4.07. The first kappa shape index (κ1) is 27.5. The average Bonchev–Trinajstić information content (AvgIpc) is 3.39. The molecule has 204 valence electrons. The van der Waals surface area contributed by atoms with Gasteiger partial charge in [-0.05, 0) is 55.3 Å². The second-order valence-corrected chi connectivity index (χ2v) is 11.5. The van der Waals surface area contributed by atoms with Crippen molar-refractivity contribution in [1.29, 1.82) is 0 Å². The Morgan fingerprint density at radius 1 is 0.800 bits per heavy atom. The van der Waals surface area contributed by atoms with Crippen LogP contribution in [0.1, 0.15) is 33.5 Å². The van der Waals surface area contributed by atoms with Crippen LogP contribution in [0.4, 0.5) is 0 Å². The van der Waals surface area contributed by atoms with Gasteiger partial charge in [-0.15, -0.1) is 11.6 Å². The molecule has 0 aliphatic carbocycles. The highest BCUT2D eigenvalue weighted by atomic mass is 35.5. The molecule has 0 unspecified atom stereocenters. The molecule has 4 aromatic carbocycles. The highest BCUT2D eigenvalue weighted by molar-refractivity contribution is 7.90. The van der Waals surface area contributed by atoms with E-state index >= 15 is 0 Å². The van der Waals surface area contributed by atoms with Gasteiger partial charge < -0.3 is 9.47 Å². The van der Waals surface area contributed by atoms with E-state index < -0.39 is 10.0 Å². The van der Waals surface area contributed by atoms with Crippen molar-refractivity contribution in [1.82, 2.24) is 3.97 Å². The van der Waals surface area contributed by atoms with Crippen molar-refractivity contribution in [2.45, 2.75) is 24.8 Å². The molecule has 0 aliphatic heterocycles. The van der Waals surface area contributed by atoms with Gasteiger partial charge in [0.1, 0.15) is 18.1 Å². The molecule has 1 heterocycles. The van der Waals surface area contributed by atoms with Gasteiger partial charge in [-0.25, -0.2) is 12.4 Å². The number of ether oxygens (including phenoxy) is 2. The molecule has 0 bridgehead atoms. The number of benzene rings is 4. The van der Waals surface area contributed by atoms with Crippen LogP contribution in [0.3, 0.4) is 0 Å². The number of para-hydroxylation sites is 1. The molecular weight excluding hydrogens is 546 g/mol. The zero-order valence-electron chi connectivity index (χ0n) is 21.9. The summed E-state index contributed by atoms with van der Waals surface area (Å²) in [5.41, 5.74) is 2.94. The minimum Gasteiger partial charge on any atom is -0.493 e. The lowest BCUT2D eigenvalue weighted by Crippen LogP contribution is -2.12. The second kappa shape index (κ2) is 12.0. The summed E-state index contributed by atoms with van der Waals surface area (Å²) in [6.45, 7) is 2.61. The summed E-state index contributed by atoms with van der Waals surface area (Å²) in [6.07, 6.45) is 2.00. The van der Waals surface area contributed by atoms with Crippen molar-refractivity contribution in [2.24, 2.45) is 0 Å². The van der Waals surface area contributed by atoms with Crippen molar-refractivity contribution in [3.05, 3.63) is 126 Å². The molecule has 0 amide bonds. The quantitative estimate of drug-likeness (QED) is 0.0965. The third kappa shape index (κ3) is 5.62. The van der Waals surface area contributed by atoms with E-state index in [1.54, 1.807) is 60.7 Å². The number of nitrogens with zero attached hydrogens (tertiary/aromatic N) is 1. The lowest BCUT2D eigenvalue weighted by molar-refractivity contribution is 0.103. The summed E-state index contributed by atoms with van der Waals surface area (Å²) >= 11 is 5.81. The van der Waals surface area contributed by atoms with Gasteiger partial charge in [0, 0.05) is 12.1 Å². The lowest BCUT2D eigenvalue weighted by atomic mass is 10.0. The van der Waals surface area contributed by atoms with Crippen LogP contribution in [0.25, 0.3) is 10.9 Å². The molecular formula is C32H28ClNO5S. The van der Waals surface area contributed by atoms with Crippen LogP contribution in [0, 0.1) is 6.92 Å². The van der Waals surface area contributed by atoms with Crippen LogP contribution in [0.15, 0.2) is 108 Å². The molecule has 40 heavy (non-hydrogen) atoms. The van der Waals surface area contributed by atoms with E-state index in [0.717, 1.165) is 15.1 Å². The molecule has 1 aromatic heterocycles. The Morgan fingerprint density at radius 2 is 1.50 bits per heavy atom. The number of rotatable bonds is 11. The number of hydrogen-bond acceptors (Lipinski definition) is 5. The average molecular weight is 574 g/mol. The van der Waals surface area contributed by atoms with E-state index in [1.165, 1.54) is 18.3 Å². The SMILES string of the molecule is Cc1ccc(COc2cccc3c2c(C(=O)c2ccccc2OCCCCl)cn3S(=O)(=O)c2ccccc2)cc1. The monoisotopic (exact) mass is 573 g/mol. The van der Waals surface area contributed by atoms with Gasteiger partial charge in [-0.1, -0.05) is 66.2 Å². The molecule has 0 fully saturated rings. The van der Waals surface area contributed by atoms with E-state index in [9.17, 15) is 13.2 Å². The van der Waals surface area contributed by atoms with Crippen molar-refractivity contribution < 1.29 is 22.7 Å². The van der Waals surface area contributed by atoms with Gasteiger partial charge in [0.05, 0.1) is 33.5 Å². The number of carbonyl (C=O) groups excluding carboxylic acids is 1. The van der Waals surface area contributed by atoms with E-state index in [1.807, 2.05) is 31.2 Å². The Morgan fingerprint density at radius 3 is 2.25 bits per heavy atom. The molecule has 6 nitrogen and oxygen atoms in total. The Bertz CT molecular complexity index is 1750. The fraction of sp³-hybridized carbons (Fsp3) is 0.156. The van der Waals surface area contributed by atoms with Gasteiger partial charge in [-0.3, -0.25) is 4.79 Å². The number of carbonyl (C=O) groups is 1. The topological polar surface area (TPSA) is 74.6 Å². The molecule has 5 aromatic rings. The maximum absolute atomic E-state index is 14.1. The van der Waals surface area contributed by atoms with E-state index in [-0.39, 0.29) is 22.8 Å². The van der Waals surface area contributed by atoms with Crippen molar-refractivity contribution in [3.63, 3.8) is 0 Å². The summed E-state index contributed by atoms with van der Waals surface area (Å²) in [7, 11) is -4.01. The zero-order valence-corrected chi connectivity index (χ0v) is 23.5. The minimum absolute atomic E-state index is 0.113. The highest BCUT2D eigenvalue weighted by Gasteiger charge is 2.27.